The summed E-state index contributed by atoms with van der Waals surface area (Å²) in [7, 11) is 0. The Bertz CT molecular complexity index is 1330. The average molecular weight is 418 g/mol. The number of hydrogen-bond acceptors (Lipinski definition) is 6. The first kappa shape index (κ1) is 20.3. The predicted octanol–water partition coefficient (Wildman–Crippen LogP) is 3.11. The van der Waals surface area contributed by atoms with Crippen molar-refractivity contribution >= 4 is 0 Å². The van der Waals surface area contributed by atoms with E-state index < -0.39 is 11.1 Å². The fourth-order valence-corrected chi connectivity index (χ4v) is 3.47. The third kappa shape index (κ3) is 4.05. The molecule has 2 aromatic heterocycles. The van der Waals surface area contributed by atoms with Crippen LogP contribution in [0.2, 0.25) is 0 Å². The fraction of sp³-hybridized carbons (Fsp3) is 0.217. The molecule has 0 saturated carbocycles. The standard InChI is InChI=1S/C23H22N4O4/c1-4-30-18-10-6-9-17(13-18)21-24-19(31-25-21)14-26-11-12-27(23(29)22(26)28)20-15(2)7-5-8-16(20)3/h5-13H,4,14H2,1-3H3. The molecular formula is C23H22N4O4. The molecule has 0 radical (unpaired) electrons. The molecule has 8 nitrogen and oxygen atoms in total. The van der Waals surface area contributed by atoms with Gasteiger partial charge in [-0.3, -0.25) is 18.7 Å². The molecule has 0 aliphatic rings. The molecule has 31 heavy (non-hydrogen) atoms. The first-order chi connectivity index (χ1) is 15.0. The Labute approximate surface area is 178 Å². The minimum atomic E-state index is -0.664. The lowest BCUT2D eigenvalue weighted by molar-refractivity contribution is 0.340. The largest absolute Gasteiger partial charge is 0.494 e. The lowest BCUT2D eigenvalue weighted by Gasteiger charge is -2.12. The van der Waals surface area contributed by atoms with Gasteiger partial charge in [0.05, 0.1) is 12.3 Å². The van der Waals surface area contributed by atoms with Crippen molar-refractivity contribution < 1.29 is 9.26 Å². The highest BCUT2D eigenvalue weighted by Crippen LogP contribution is 2.21. The van der Waals surface area contributed by atoms with Crippen molar-refractivity contribution in [2.24, 2.45) is 0 Å². The van der Waals surface area contributed by atoms with Gasteiger partial charge in [0.15, 0.2) is 0 Å². The molecule has 0 unspecified atom stereocenters. The van der Waals surface area contributed by atoms with Gasteiger partial charge in [-0.1, -0.05) is 35.5 Å². The van der Waals surface area contributed by atoms with Gasteiger partial charge in [0.1, 0.15) is 12.3 Å². The van der Waals surface area contributed by atoms with Crippen LogP contribution in [0, 0.1) is 13.8 Å². The molecule has 0 bridgehead atoms. The molecule has 0 saturated heterocycles. The van der Waals surface area contributed by atoms with Crippen LogP contribution in [0.15, 0.2) is 69.0 Å². The van der Waals surface area contributed by atoms with E-state index in [4.69, 9.17) is 9.26 Å². The summed E-state index contributed by atoms with van der Waals surface area (Å²) in [5.74, 6) is 1.31. The van der Waals surface area contributed by atoms with Gasteiger partial charge in [-0.05, 0) is 44.0 Å². The molecular weight excluding hydrogens is 396 g/mol. The van der Waals surface area contributed by atoms with Crippen molar-refractivity contribution in [3.63, 3.8) is 0 Å². The SMILES string of the molecule is CCOc1cccc(-c2noc(Cn3ccn(-c4c(C)cccc4C)c(=O)c3=O)n2)c1. The Morgan fingerprint density at radius 3 is 2.48 bits per heavy atom. The zero-order chi connectivity index (χ0) is 22.0. The molecule has 2 heterocycles. The lowest BCUT2D eigenvalue weighted by atomic mass is 10.1. The first-order valence-electron chi connectivity index (χ1n) is 9.92. The van der Waals surface area contributed by atoms with Crippen LogP contribution in [0.25, 0.3) is 17.1 Å². The maximum atomic E-state index is 12.8. The molecule has 0 aliphatic heterocycles. The van der Waals surface area contributed by atoms with Crippen LogP contribution < -0.4 is 15.9 Å². The molecule has 0 aliphatic carbocycles. The summed E-state index contributed by atoms with van der Waals surface area (Å²) in [6.45, 7) is 6.27. The minimum absolute atomic E-state index is 0.000181. The van der Waals surface area contributed by atoms with E-state index >= 15 is 0 Å². The lowest BCUT2D eigenvalue weighted by Crippen LogP contribution is -2.40. The van der Waals surface area contributed by atoms with Gasteiger partial charge in [-0.25, -0.2) is 0 Å². The van der Waals surface area contributed by atoms with Crippen LogP contribution in [0.3, 0.4) is 0 Å². The topological polar surface area (TPSA) is 92.2 Å². The molecule has 0 amide bonds. The minimum Gasteiger partial charge on any atom is -0.494 e. The molecule has 4 aromatic rings. The van der Waals surface area contributed by atoms with E-state index in [0.717, 1.165) is 16.7 Å². The van der Waals surface area contributed by atoms with E-state index in [9.17, 15) is 9.59 Å². The predicted molar refractivity (Wildman–Crippen MR) is 116 cm³/mol. The molecule has 0 spiro atoms. The number of nitrogens with zero attached hydrogens (tertiary/aromatic N) is 4. The van der Waals surface area contributed by atoms with Gasteiger partial charge in [0, 0.05) is 18.0 Å². The molecule has 4 rings (SSSR count). The van der Waals surface area contributed by atoms with E-state index in [2.05, 4.69) is 10.1 Å². The monoisotopic (exact) mass is 418 g/mol. The number of ether oxygens (including phenoxy) is 1. The maximum absolute atomic E-state index is 12.8. The second-order valence-corrected chi connectivity index (χ2v) is 7.12. The Morgan fingerprint density at radius 2 is 1.74 bits per heavy atom. The van der Waals surface area contributed by atoms with E-state index in [-0.39, 0.29) is 12.4 Å². The molecule has 158 valence electrons. The number of benzene rings is 2. The maximum Gasteiger partial charge on any atom is 0.321 e. The summed E-state index contributed by atoms with van der Waals surface area (Å²) in [4.78, 5) is 29.8. The fourth-order valence-electron chi connectivity index (χ4n) is 3.47. The third-order valence-corrected chi connectivity index (χ3v) is 4.92. The zero-order valence-corrected chi connectivity index (χ0v) is 17.5. The summed E-state index contributed by atoms with van der Waals surface area (Å²) in [6.07, 6.45) is 3.14. The Balaban J connectivity index is 1.63. The molecule has 0 atom stereocenters. The van der Waals surface area contributed by atoms with Gasteiger partial charge in [-0.15, -0.1) is 0 Å². The summed E-state index contributed by atoms with van der Waals surface area (Å²) in [5, 5.41) is 3.98. The highest BCUT2D eigenvalue weighted by atomic mass is 16.5. The van der Waals surface area contributed by atoms with Crippen molar-refractivity contribution in [2.45, 2.75) is 27.3 Å². The van der Waals surface area contributed by atoms with Crippen molar-refractivity contribution in [2.75, 3.05) is 6.61 Å². The highest BCUT2D eigenvalue weighted by Gasteiger charge is 2.14. The molecule has 0 fully saturated rings. The van der Waals surface area contributed by atoms with Gasteiger partial charge in [0.25, 0.3) is 0 Å². The van der Waals surface area contributed by atoms with Crippen LogP contribution in [-0.4, -0.2) is 25.9 Å². The van der Waals surface area contributed by atoms with Crippen molar-refractivity contribution in [3.8, 4) is 22.8 Å². The number of rotatable bonds is 6. The van der Waals surface area contributed by atoms with Crippen molar-refractivity contribution in [1.82, 2.24) is 19.3 Å². The summed E-state index contributed by atoms with van der Waals surface area (Å²) in [6, 6.07) is 13.1. The van der Waals surface area contributed by atoms with E-state index in [0.29, 0.717) is 23.9 Å². The smallest absolute Gasteiger partial charge is 0.321 e. The Hall–Kier alpha value is -3.94. The normalized spacial score (nSPS) is 10.9. The van der Waals surface area contributed by atoms with Crippen LogP contribution in [0.4, 0.5) is 0 Å². The van der Waals surface area contributed by atoms with Gasteiger partial charge >= 0.3 is 11.1 Å². The molecule has 0 N–H and O–H groups in total. The quantitative estimate of drug-likeness (QED) is 0.447. The molecule has 8 heteroatoms. The van der Waals surface area contributed by atoms with Crippen LogP contribution in [0.1, 0.15) is 23.9 Å². The number of hydrogen-bond donors (Lipinski definition) is 0. The number of para-hydroxylation sites is 1. The molecule has 2 aromatic carbocycles. The summed E-state index contributed by atoms with van der Waals surface area (Å²) < 4.78 is 13.4. The Kier molecular flexibility index (Phi) is 5.53. The number of aryl methyl sites for hydroxylation is 2. The van der Waals surface area contributed by atoms with Gasteiger partial charge < -0.3 is 9.26 Å². The third-order valence-electron chi connectivity index (χ3n) is 4.92. The Morgan fingerprint density at radius 1 is 1.00 bits per heavy atom. The second kappa shape index (κ2) is 8.43. The van der Waals surface area contributed by atoms with E-state index in [1.54, 1.807) is 12.4 Å². The van der Waals surface area contributed by atoms with Gasteiger partial charge in [0.2, 0.25) is 11.7 Å². The highest BCUT2D eigenvalue weighted by molar-refractivity contribution is 5.56. The van der Waals surface area contributed by atoms with Crippen LogP contribution >= 0.6 is 0 Å². The van der Waals surface area contributed by atoms with Crippen molar-refractivity contribution in [3.05, 3.63) is 92.6 Å². The second-order valence-electron chi connectivity index (χ2n) is 7.12. The van der Waals surface area contributed by atoms with Crippen LogP contribution in [0.5, 0.6) is 5.75 Å². The summed E-state index contributed by atoms with van der Waals surface area (Å²) >= 11 is 0. The van der Waals surface area contributed by atoms with E-state index in [1.807, 2.05) is 63.2 Å². The van der Waals surface area contributed by atoms with Crippen LogP contribution in [-0.2, 0) is 6.54 Å². The van der Waals surface area contributed by atoms with Gasteiger partial charge in [-0.2, -0.15) is 4.98 Å². The number of aromatic nitrogens is 4. The van der Waals surface area contributed by atoms with Crippen molar-refractivity contribution in [1.29, 1.82) is 0 Å². The summed E-state index contributed by atoms with van der Waals surface area (Å²) in [5.41, 5.74) is 1.97. The average Bonchev–Trinajstić information content (AvgIpc) is 3.22. The van der Waals surface area contributed by atoms with E-state index in [1.165, 1.54) is 9.13 Å². The zero-order valence-electron chi connectivity index (χ0n) is 17.5. The first-order valence-corrected chi connectivity index (χ1v) is 9.92.